The Labute approximate surface area is 195 Å². The molecule has 0 aliphatic carbocycles. The van der Waals surface area contributed by atoms with Gasteiger partial charge in [-0.1, -0.05) is 35.9 Å². The van der Waals surface area contributed by atoms with E-state index in [1.807, 2.05) is 50.2 Å². The van der Waals surface area contributed by atoms with Gasteiger partial charge in [0.15, 0.2) is 0 Å². The Kier molecular flexibility index (Phi) is 6.11. The van der Waals surface area contributed by atoms with Gasteiger partial charge in [-0.05, 0) is 57.0 Å². The molecule has 7 nitrogen and oxygen atoms in total. The number of carbonyl (C=O) groups excluding carboxylic acids is 2. The molecule has 168 valence electrons. The van der Waals surface area contributed by atoms with Crippen LogP contribution >= 0.6 is 11.3 Å². The van der Waals surface area contributed by atoms with E-state index in [0.717, 1.165) is 16.8 Å². The number of carbonyl (C=O) groups is 2. The number of hydrogen-bond donors (Lipinski definition) is 2. The van der Waals surface area contributed by atoms with Gasteiger partial charge in [0.1, 0.15) is 10.9 Å². The minimum absolute atomic E-state index is 0.289. The van der Waals surface area contributed by atoms with Crippen LogP contribution in [-0.4, -0.2) is 21.4 Å². The topological polar surface area (TPSA) is 93.1 Å². The lowest BCUT2D eigenvalue weighted by molar-refractivity contribution is -0.118. The second-order valence-corrected chi connectivity index (χ2v) is 9.00. The first kappa shape index (κ1) is 22.4. The summed E-state index contributed by atoms with van der Waals surface area (Å²) in [7, 11) is 0. The highest BCUT2D eigenvalue weighted by molar-refractivity contribution is 7.20. The number of fused-ring (bicyclic) bond motifs is 1. The van der Waals surface area contributed by atoms with Gasteiger partial charge in [-0.2, -0.15) is 0 Å². The number of amides is 2. The average molecular weight is 461 g/mol. The fourth-order valence-corrected chi connectivity index (χ4v) is 4.69. The van der Waals surface area contributed by atoms with Gasteiger partial charge in [-0.15, -0.1) is 11.3 Å². The molecule has 0 spiro atoms. The number of rotatable bonds is 5. The first-order valence-electron chi connectivity index (χ1n) is 10.5. The summed E-state index contributed by atoms with van der Waals surface area (Å²) in [4.78, 5) is 44.2. The molecular formula is C25H24N4O3S. The Morgan fingerprint density at radius 1 is 1.03 bits per heavy atom. The molecule has 2 amide bonds. The molecule has 8 heteroatoms. The van der Waals surface area contributed by atoms with Crippen LogP contribution in [0, 0.1) is 20.8 Å². The zero-order chi connectivity index (χ0) is 23.7. The molecule has 1 atom stereocenters. The molecule has 2 aromatic heterocycles. The third-order valence-electron chi connectivity index (χ3n) is 5.55. The zero-order valence-electron chi connectivity index (χ0n) is 18.8. The predicted molar refractivity (Wildman–Crippen MR) is 132 cm³/mol. The van der Waals surface area contributed by atoms with Crippen LogP contribution in [0.25, 0.3) is 10.2 Å². The van der Waals surface area contributed by atoms with Gasteiger partial charge in [-0.25, -0.2) is 4.98 Å². The van der Waals surface area contributed by atoms with Crippen molar-refractivity contribution >= 4 is 44.7 Å². The van der Waals surface area contributed by atoms with Crippen molar-refractivity contribution < 1.29 is 9.59 Å². The number of nitrogens with one attached hydrogen (secondary N) is 2. The molecule has 0 radical (unpaired) electrons. The van der Waals surface area contributed by atoms with Crippen LogP contribution in [0.1, 0.15) is 39.3 Å². The minimum Gasteiger partial charge on any atom is -0.324 e. The second kappa shape index (κ2) is 8.99. The Morgan fingerprint density at radius 2 is 1.76 bits per heavy atom. The van der Waals surface area contributed by atoms with E-state index < -0.39 is 6.04 Å². The molecular weight excluding hydrogens is 436 g/mol. The van der Waals surface area contributed by atoms with E-state index in [1.54, 1.807) is 26.0 Å². The van der Waals surface area contributed by atoms with Gasteiger partial charge in [0.05, 0.1) is 16.6 Å². The number of thiophene rings is 1. The molecule has 0 saturated heterocycles. The maximum atomic E-state index is 13.3. The monoisotopic (exact) mass is 460 g/mol. The minimum atomic E-state index is -0.776. The van der Waals surface area contributed by atoms with Crippen molar-refractivity contribution in [1.29, 1.82) is 0 Å². The van der Waals surface area contributed by atoms with Crippen LogP contribution in [0.5, 0.6) is 0 Å². The van der Waals surface area contributed by atoms with Gasteiger partial charge >= 0.3 is 0 Å². The zero-order valence-corrected chi connectivity index (χ0v) is 19.6. The maximum Gasteiger partial charge on any atom is 0.266 e. The van der Waals surface area contributed by atoms with Crippen LogP contribution in [0.4, 0.5) is 11.4 Å². The van der Waals surface area contributed by atoms with Crippen LogP contribution in [0.3, 0.4) is 0 Å². The molecule has 0 aliphatic heterocycles. The molecule has 2 aromatic carbocycles. The molecule has 33 heavy (non-hydrogen) atoms. The Morgan fingerprint density at radius 3 is 2.45 bits per heavy atom. The molecule has 0 bridgehead atoms. The lowest BCUT2D eigenvalue weighted by Gasteiger charge is -2.15. The summed E-state index contributed by atoms with van der Waals surface area (Å²) in [5.41, 5.74) is 3.64. The smallest absolute Gasteiger partial charge is 0.266 e. The fourth-order valence-electron chi connectivity index (χ4n) is 3.66. The molecule has 4 aromatic rings. The first-order chi connectivity index (χ1) is 15.8. The number of para-hydroxylation sites is 1. The number of nitrogens with zero attached hydrogens (tertiary/aromatic N) is 2. The van der Waals surface area contributed by atoms with Gasteiger partial charge in [-0.3, -0.25) is 19.0 Å². The van der Waals surface area contributed by atoms with Crippen molar-refractivity contribution in [2.75, 3.05) is 10.6 Å². The number of anilines is 2. The summed E-state index contributed by atoms with van der Waals surface area (Å²) in [5.74, 6) is -0.617. The van der Waals surface area contributed by atoms with Gasteiger partial charge < -0.3 is 10.6 Å². The average Bonchev–Trinajstić information content (AvgIpc) is 3.13. The molecule has 2 N–H and O–H groups in total. The highest BCUT2D eigenvalue weighted by Gasteiger charge is 2.23. The summed E-state index contributed by atoms with van der Waals surface area (Å²) < 4.78 is 1.30. The van der Waals surface area contributed by atoms with Crippen molar-refractivity contribution in [1.82, 2.24) is 9.55 Å². The number of benzene rings is 2. The van der Waals surface area contributed by atoms with Crippen LogP contribution in [0.15, 0.2) is 59.7 Å². The molecule has 2 heterocycles. The van der Waals surface area contributed by atoms with Crippen molar-refractivity contribution in [2.24, 2.45) is 0 Å². The van der Waals surface area contributed by atoms with Crippen molar-refractivity contribution in [3.63, 3.8) is 0 Å². The van der Waals surface area contributed by atoms with E-state index >= 15 is 0 Å². The first-order valence-corrected chi connectivity index (χ1v) is 11.3. The largest absolute Gasteiger partial charge is 0.324 e. The second-order valence-electron chi connectivity index (χ2n) is 8.00. The Bertz CT molecular complexity index is 1420. The van der Waals surface area contributed by atoms with E-state index in [2.05, 4.69) is 15.6 Å². The van der Waals surface area contributed by atoms with Crippen LogP contribution < -0.4 is 16.2 Å². The molecule has 0 aliphatic rings. The molecule has 4 rings (SSSR count). The molecule has 0 saturated carbocycles. The Hall–Kier alpha value is -3.78. The van der Waals surface area contributed by atoms with Crippen molar-refractivity contribution in [3.8, 4) is 0 Å². The Balaban J connectivity index is 1.64. The number of aryl methyl sites for hydroxylation is 3. The van der Waals surface area contributed by atoms with Crippen molar-refractivity contribution in [3.05, 3.63) is 86.8 Å². The van der Waals surface area contributed by atoms with Gasteiger partial charge in [0, 0.05) is 11.4 Å². The normalized spacial score (nSPS) is 11.9. The summed E-state index contributed by atoms with van der Waals surface area (Å²) in [5, 5.41) is 6.08. The quantitative estimate of drug-likeness (QED) is 0.446. The fraction of sp³-hybridized carbons (Fsp3) is 0.200. The van der Waals surface area contributed by atoms with Gasteiger partial charge in [0.25, 0.3) is 11.5 Å². The highest BCUT2D eigenvalue weighted by Crippen LogP contribution is 2.28. The van der Waals surface area contributed by atoms with Crippen LogP contribution in [-0.2, 0) is 4.79 Å². The SMILES string of the molecule is Cc1ccc(NC(=O)c2sc3ncn(C(C)C(=O)Nc4ccccc4)c(=O)c3c2C)c(C)c1. The summed E-state index contributed by atoms with van der Waals surface area (Å²) in [6, 6.07) is 14.1. The van der Waals surface area contributed by atoms with E-state index in [0.29, 0.717) is 26.3 Å². The lowest BCUT2D eigenvalue weighted by atomic mass is 10.1. The summed E-state index contributed by atoms with van der Waals surface area (Å²) in [6.45, 7) is 7.30. The van der Waals surface area contributed by atoms with E-state index in [1.165, 1.54) is 22.2 Å². The van der Waals surface area contributed by atoms with E-state index in [4.69, 9.17) is 0 Å². The molecule has 0 fully saturated rings. The maximum absolute atomic E-state index is 13.3. The summed E-state index contributed by atoms with van der Waals surface area (Å²) in [6.07, 6.45) is 1.36. The van der Waals surface area contributed by atoms with E-state index in [9.17, 15) is 14.4 Å². The van der Waals surface area contributed by atoms with Crippen molar-refractivity contribution in [2.45, 2.75) is 33.7 Å². The van der Waals surface area contributed by atoms with E-state index in [-0.39, 0.29) is 17.4 Å². The highest BCUT2D eigenvalue weighted by atomic mass is 32.1. The van der Waals surface area contributed by atoms with Gasteiger partial charge in [0.2, 0.25) is 5.91 Å². The predicted octanol–water partition coefficient (Wildman–Crippen LogP) is 4.84. The number of hydrogen-bond acceptors (Lipinski definition) is 5. The number of aromatic nitrogens is 2. The third kappa shape index (κ3) is 4.42. The molecule has 1 unspecified atom stereocenters. The summed E-state index contributed by atoms with van der Waals surface area (Å²) >= 11 is 1.17. The standard InChI is InChI=1S/C25H24N4O3S/c1-14-10-11-19(15(2)12-14)28-23(31)21-16(3)20-24(33-21)26-13-29(25(20)32)17(4)22(30)27-18-8-6-5-7-9-18/h5-13,17H,1-4H3,(H,27,30)(H,28,31). The van der Waals surface area contributed by atoms with Crippen LogP contribution in [0.2, 0.25) is 0 Å². The lowest BCUT2D eigenvalue weighted by Crippen LogP contribution is -2.31. The third-order valence-corrected chi connectivity index (χ3v) is 6.75.